The van der Waals surface area contributed by atoms with Gasteiger partial charge >= 0.3 is 60.1 Å². The van der Waals surface area contributed by atoms with Gasteiger partial charge in [0.2, 0.25) is 10.9 Å². The number of methoxy groups -OCH3 is 4. The van der Waals surface area contributed by atoms with E-state index >= 15 is 0 Å². The number of carbonyl (C=O) groups excluding carboxylic acids is 6. The summed E-state index contributed by atoms with van der Waals surface area (Å²) in [6.45, 7) is 28.9. The molecule has 6 aromatic carbocycles. The van der Waals surface area contributed by atoms with E-state index in [1.54, 1.807) is 78.9 Å². The van der Waals surface area contributed by atoms with Crippen molar-refractivity contribution in [2.45, 2.75) is 150 Å². The second-order valence-electron chi connectivity index (χ2n) is 30.1. The normalized spacial score (nSPS) is 11.3. The number of carboxylic acid groups (broad SMARTS) is 1. The Morgan fingerprint density at radius 2 is 0.829 bits per heavy atom. The van der Waals surface area contributed by atoms with E-state index in [0.717, 1.165) is 23.8 Å². The number of anilines is 2. The second kappa shape index (κ2) is 39.7. The van der Waals surface area contributed by atoms with Gasteiger partial charge in [0.05, 0.1) is 40.6 Å². The third-order valence-corrected chi connectivity index (χ3v) is 17.4. The van der Waals surface area contributed by atoms with Gasteiger partial charge in [-0.2, -0.15) is 7.11 Å². The molecule has 3 heterocycles. The minimum absolute atomic E-state index is 0. The number of hydrogen-bond donors (Lipinski definition) is 8. The average molecular weight is 1540 g/mol. The molecule has 28 heteroatoms. The van der Waals surface area contributed by atoms with Crippen LogP contribution in [0.3, 0.4) is 0 Å². The molecule has 0 unspecified atom stereocenters. The number of ether oxygens (including phenoxy) is 8. The number of aromatic carboxylic acids is 1. The van der Waals surface area contributed by atoms with Crippen LogP contribution in [0.4, 0.5) is 30.6 Å². The van der Waals surface area contributed by atoms with Crippen molar-refractivity contribution in [3.63, 3.8) is 0 Å². The standard InChI is InChI=1S/C29H33NO8.C24H28N2O4.C18H27NO6.C10H7NO3.CH3O.CH4.Na/c1-28(2,3)20-14-21(29(4,5)16-37-26(33)35-6)24(38-27(34)36-7)13-17(20)12-23(31)19-15-30-22-11-9-8-10-18(22)25(19)32;1-23(2,3)16-10-17(24(4,5)13-27)20(28)11-19(16)26-22(30)15-12-25-18-9-7-6-8-14(18)21(15)29;1-17(2,3)11-8-12(18(4,5)10-24-15(20)22-6)14(9-13(11)19)25-16(21)23-7;12-9-6-3-1-2-4-8(6)11-5-7(9)10(13)14;1-2;;/h8-11,13-15H,12,16H2,1-7H3,(H,30,32);6-12,27-28H,13H2,1-5H3,(H,25,29)(H,26,30);8-9H,10,19H2,1-7H3;1-5H,(H,11,12)(H,13,14);1H3;1H4;/q;;;;-1;;+1. The van der Waals surface area contributed by atoms with Crippen LogP contribution in [0, 0.1) is 0 Å². The summed E-state index contributed by atoms with van der Waals surface area (Å²) in [5.41, 5.74) is 9.42. The topological polar surface area (TPSA) is 414 Å². The number of nitrogens with one attached hydrogen (secondary N) is 4. The van der Waals surface area contributed by atoms with Crippen LogP contribution in [0.2, 0.25) is 0 Å². The molecule has 0 aliphatic heterocycles. The summed E-state index contributed by atoms with van der Waals surface area (Å²) in [5.74, 6) is -1.76. The maximum Gasteiger partial charge on any atom is 1.00 e. The number of aromatic amines is 3. The SMILES string of the molecule is C.CC(C)(C)c1cc(C(C)(C)CO)c(O)cc1NC(=O)c1c[nH]c2ccccc2c1=O.COC(=O)OCC(C)(C)c1cc(C(C)(C)C)c(CC(=O)c2c[nH]c3ccccc3c2=O)cc1OC(=O)OC.COC(=O)OCC(C)(C)c1cc(C(C)(C)C)c(N)cc1OC(=O)OC.C[O-].O=C(O)c1c[nH]c2ccccc2c1=O.[Na+]. The molecule has 9 N–H and O–H groups in total. The molecule has 0 radical (unpaired) electrons. The summed E-state index contributed by atoms with van der Waals surface area (Å²) < 4.78 is 39.4. The minimum atomic E-state index is -1.21. The molecule has 0 fully saturated rings. The van der Waals surface area contributed by atoms with Crippen LogP contribution in [0.15, 0.2) is 142 Å². The quantitative estimate of drug-likeness (QED) is 0.0111. The number of H-pyrrole nitrogens is 3. The molecule has 0 atom stereocenters. The van der Waals surface area contributed by atoms with Crippen molar-refractivity contribution in [1.29, 1.82) is 0 Å². The first-order valence-electron chi connectivity index (χ1n) is 34.2. The number of ketones is 1. The fourth-order valence-electron chi connectivity index (χ4n) is 11.4. The molecule has 0 aliphatic carbocycles. The number of nitrogens with two attached hydrogens (primary N) is 1. The minimum Gasteiger partial charge on any atom is -0.857 e. The van der Waals surface area contributed by atoms with E-state index in [-0.39, 0.29) is 125 Å². The van der Waals surface area contributed by atoms with Gasteiger partial charge in [-0.3, -0.25) is 24.0 Å². The van der Waals surface area contributed by atoms with E-state index in [4.69, 9.17) is 39.6 Å². The summed E-state index contributed by atoms with van der Waals surface area (Å²) in [5, 5.41) is 41.3. The van der Waals surface area contributed by atoms with Crippen LogP contribution in [0.25, 0.3) is 32.7 Å². The Kier molecular flexibility index (Phi) is 33.7. The Hall–Kier alpha value is -10.8. The number of aliphatic hydroxyl groups is 1. The predicted molar refractivity (Wildman–Crippen MR) is 420 cm³/mol. The summed E-state index contributed by atoms with van der Waals surface area (Å²) in [6.07, 6.45) is 0.522. The largest absolute Gasteiger partial charge is 1.00 e. The number of aromatic nitrogens is 3. The van der Waals surface area contributed by atoms with Gasteiger partial charge in [0, 0.05) is 114 Å². The molecule has 592 valence electrons. The molecule has 9 rings (SSSR count). The number of para-hydroxylation sites is 3. The van der Waals surface area contributed by atoms with Gasteiger partial charge in [0.15, 0.2) is 11.2 Å². The molecule has 0 saturated carbocycles. The van der Waals surface area contributed by atoms with Crippen molar-refractivity contribution >= 4 is 86.4 Å². The van der Waals surface area contributed by atoms with Gasteiger partial charge in [0.25, 0.3) is 5.91 Å². The van der Waals surface area contributed by atoms with Crippen molar-refractivity contribution < 1.29 is 121 Å². The van der Waals surface area contributed by atoms with E-state index in [1.807, 2.05) is 128 Å². The molecule has 3 aromatic heterocycles. The zero-order valence-electron chi connectivity index (χ0n) is 66.1. The van der Waals surface area contributed by atoms with Crippen molar-refractivity contribution in [2.24, 2.45) is 0 Å². The van der Waals surface area contributed by atoms with E-state index in [9.17, 15) is 58.2 Å². The number of benzene rings is 6. The first-order valence-corrected chi connectivity index (χ1v) is 34.2. The van der Waals surface area contributed by atoms with Crippen molar-refractivity contribution in [1.82, 2.24) is 15.0 Å². The number of phenolic OH excluding ortho intramolecular Hbond substituents is 1. The van der Waals surface area contributed by atoms with E-state index in [1.165, 1.54) is 53.1 Å². The molecule has 9 aromatic rings. The van der Waals surface area contributed by atoms with Crippen LogP contribution >= 0.6 is 0 Å². The average Bonchev–Trinajstić information content (AvgIpc) is 0.771. The monoisotopic (exact) mass is 1540 g/mol. The number of phenols is 1. The van der Waals surface area contributed by atoms with Crippen LogP contribution in [-0.2, 0) is 67.3 Å². The summed E-state index contributed by atoms with van der Waals surface area (Å²) in [4.78, 5) is 130. The third kappa shape index (κ3) is 24.3. The molecular weight excluding hydrogens is 1440 g/mol. The Labute approximate surface area is 666 Å². The van der Waals surface area contributed by atoms with E-state index in [2.05, 4.69) is 34.5 Å². The molecular formula is C83H102N5NaO22. The second-order valence-corrected chi connectivity index (χ2v) is 30.1. The molecule has 1 amide bonds. The number of carbonyl (C=O) groups is 7. The molecule has 0 aliphatic rings. The number of nitrogen functional groups attached to an aromatic ring is 1. The fourth-order valence-corrected chi connectivity index (χ4v) is 11.4. The van der Waals surface area contributed by atoms with Crippen LogP contribution in [0.1, 0.15) is 181 Å². The summed E-state index contributed by atoms with van der Waals surface area (Å²) >= 11 is 0. The van der Waals surface area contributed by atoms with Crippen LogP contribution in [-0.4, -0.2) is 128 Å². The van der Waals surface area contributed by atoms with Gasteiger partial charge in [-0.25, -0.2) is 24.0 Å². The van der Waals surface area contributed by atoms with Gasteiger partial charge in [-0.05, 0) is 93.1 Å². The molecule has 111 heavy (non-hydrogen) atoms. The van der Waals surface area contributed by atoms with Gasteiger partial charge in [-0.15, -0.1) is 0 Å². The van der Waals surface area contributed by atoms with Crippen molar-refractivity contribution in [3.05, 3.63) is 214 Å². The number of rotatable bonds is 16. The first kappa shape index (κ1) is 94.4. The van der Waals surface area contributed by atoms with Gasteiger partial charge in [0.1, 0.15) is 41.6 Å². The summed E-state index contributed by atoms with van der Waals surface area (Å²) in [7, 11) is 5.61. The maximum absolute atomic E-state index is 13.4. The first-order chi connectivity index (χ1) is 50.8. The fraction of sp³-hybridized carbons (Fsp3) is 0.373. The molecule has 0 bridgehead atoms. The molecule has 0 saturated heterocycles. The third-order valence-electron chi connectivity index (χ3n) is 17.4. The zero-order chi connectivity index (χ0) is 82.1. The molecule has 0 spiro atoms. The number of aliphatic hydroxyl groups excluding tert-OH is 1. The Balaban J connectivity index is 0.000000395. The van der Waals surface area contributed by atoms with Gasteiger partial charge in [-0.1, -0.05) is 154 Å². The number of amides is 1. The number of fused-ring (bicyclic) bond motifs is 3. The smallest absolute Gasteiger partial charge is 0.857 e. The predicted octanol–water partition coefficient (Wildman–Crippen LogP) is 11.1. The number of Topliss-reactive ketones (excluding diaryl/α,β-unsaturated/α-hetero) is 1. The number of pyridine rings is 3. The molecule has 27 nitrogen and oxygen atoms in total. The Morgan fingerprint density at radius 3 is 1.23 bits per heavy atom. The van der Waals surface area contributed by atoms with E-state index < -0.39 is 63.6 Å². The van der Waals surface area contributed by atoms with Crippen LogP contribution < -0.4 is 71.5 Å². The zero-order valence-corrected chi connectivity index (χ0v) is 68.1. The number of hydrogen-bond acceptors (Lipinski definition) is 22. The van der Waals surface area contributed by atoms with Crippen molar-refractivity contribution in [2.75, 3.05) is 66.4 Å². The maximum atomic E-state index is 13.4. The Bertz CT molecular complexity index is 5010. The summed E-state index contributed by atoms with van der Waals surface area (Å²) in [6, 6.07) is 31.0. The Morgan fingerprint density at radius 1 is 0.468 bits per heavy atom. The number of aromatic hydroxyl groups is 1. The number of carboxylic acids is 1. The van der Waals surface area contributed by atoms with Crippen molar-refractivity contribution in [3.8, 4) is 17.2 Å². The van der Waals surface area contributed by atoms with Gasteiger partial charge < -0.3 is 84.3 Å². The van der Waals surface area contributed by atoms with Crippen LogP contribution in [0.5, 0.6) is 17.2 Å². The van der Waals surface area contributed by atoms with E-state index in [0.29, 0.717) is 66.3 Å².